The van der Waals surface area contributed by atoms with Gasteiger partial charge in [-0.05, 0) is 26.7 Å². The minimum Gasteiger partial charge on any atom is -0.465 e. The Morgan fingerprint density at radius 2 is 2.05 bits per heavy atom. The maximum Gasteiger partial charge on any atom is 0.321 e. The van der Waals surface area contributed by atoms with Crippen molar-refractivity contribution in [2.75, 3.05) is 12.9 Å². The molecule has 0 saturated heterocycles. The molecule has 1 aromatic rings. The number of hydrogen-bond donors (Lipinski definition) is 0. The van der Waals surface area contributed by atoms with E-state index in [-0.39, 0.29) is 24.3 Å². The highest BCUT2D eigenvalue weighted by Gasteiger charge is 2.49. The topological polar surface area (TPSA) is 99.4 Å². The fraction of sp³-hybridized carbons (Fsp3) is 0.769. The molecule has 2 rings (SSSR count). The third kappa shape index (κ3) is 2.95. The highest BCUT2D eigenvalue weighted by molar-refractivity contribution is 7.90. The van der Waals surface area contributed by atoms with Crippen molar-refractivity contribution in [3.63, 3.8) is 0 Å². The third-order valence-corrected chi connectivity index (χ3v) is 5.48. The quantitative estimate of drug-likeness (QED) is 0.760. The average Bonchev–Trinajstić information content (AvgIpc) is 3.06. The first-order valence-electron chi connectivity index (χ1n) is 7.01. The lowest BCUT2D eigenvalue weighted by molar-refractivity contribution is -0.151. The molecular formula is C13H20N2O5S. The van der Waals surface area contributed by atoms with Gasteiger partial charge in [-0.15, -0.1) is 0 Å². The second-order valence-electron chi connectivity index (χ2n) is 5.44. The Balaban J connectivity index is 2.35. The van der Waals surface area contributed by atoms with E-state index in [0.29, 0.717) is 12.8 Å². The van der Waals surface area contributed by atoms with Crippen molar-refractivity contribution in [2.45, 2.75) is 50.2 Å². The van der Waals surface area contributed by atoms with Crippen LogP contribution in [0.3, 0.4) is 0 Å². The summed E-state index contributed by atoms with van der Waals surface area (Å²) in [5, 5.41) is 2.88. The van der Waals surface area contributed by atoms with Crippen LogP contribution in [0, 0.1) is 0 Å². The molecule has 0 N–H and O–H groups in total. The number of sulfone groups is 1. The van der Waals surface area contributed by atoms with E-state index < -0.39 is 20.5 Å². The van der Waals surface area contributed by atoms with Crippen molar-refractivity contribution in [3.8, 4) is 0 Å². The summed E-state index contributed by atoms with van der Waals surface area (Å²) in [6.45, 7) is 3.52. The van der Waals surface area contributed by atoms with Crippen molar-refractivity contribution in [3.05, 3.63) is 11.7 Å². The standard InChI is InChI=1S/C13H20N2O5S/c1-4-19-12(16)13(7-5-6-8-13)11-14-10(15-20-11)9(2)21(3,17)18/h9H,4-8H2,1-3H3. The second kappa shape index (κ2) is 5.75. The van der Waals surface area contributed by atoms with Gasteiger partial charge in [0.1, 0.15) is 10.7 Å². The fourth-order valence-electron chi connectivity index (χ4n) is 2.54. The van der Waals surface area contributed by atoms with E-state index in [0.717, 1.165) is 19.1 Å². The van der Waals surface area contributed by atoms with E-state index in [1.54, 1.807) is 6.92 Å². The van der Waals surface area contributed by atoms with Gasteiger partial charge in [0, 0.05) is 6.26 Å². The van der Waals surface area contributed by atoms with Gasteiger partial charge in [-0.1, -0.05) is 18.0 Å². The van der Waals surface area contributed by atoms with Gasteiger partial charge in [0.2, 0.25) is 5.89 Å². The van der Waals surface area contributed by atoms with Gasteiger partial charge in [0.05, 0.1) is 6.61 Å². The van der Waals surface area contributed by atoms with Crippen molar-refractivity contribution >= 4 is 15.8 Å². The van der Waals surface area contributed by atoms with Crippen LogP contribution in [-0.2, 0) is 24.8 Å². The molecule has 0 radical (unpaired) electrons. The molecule has 0 bridgehead atoms. The molecule has 1 atom stereocenters. The van der Waals surface area contributed by atoms with Crippen molar-refractivity contribution in [2.24, 2.45) is 0 Å². The smallest absolute Gasteiger partial charge is 0.321 e. The average molecular weight is 316 g/mol. The van der Waals surface area contributed by atoms with Gasteiger partial charge < -0.3 is 9.26 Å². The number of nitrogens with zero attached hydrogens (tertiary/aromatic N) is 2. The first-order valence-corrected chi connectivity index (χ1v) is 8.97. The first kappa shape index (κ1) is 15.9. The Morgan fingerprint density at radius 1 is 1.43 bits per heavy atom. The molecule has 1 unspecified atom stereocenters. The van der Waals surface area contributed by atoms with E-state index in [4.69, 9.17) is 9.26 Å². The second-order valence-corrected chi connectivity index (χ2v) is 7.81. The van der Waals surface area contributed by atoms with Crippen LogP contribution in [0.5, 0.6) is 0 Å². The lowest BCUT2D eigenvalue weighted by Crippen LogP contribution is -2.35. The maximum atomic E-state index is 12.3. The Labute approximate surface area is 124 Å². The molecular weight excluding hydrogens is 296 g/mol. The van der Waals surface area contributed by atoms with Crippen LogP contribution in [-0.4, -0.2) is 37.4 Å². The van der Waals surface area contributed by atoms with Crippen LogP contribution < -0.4 is 0 Å². The van der Waals surface area contributed by atoms with Crippen LogP contribution in [0.15, 0.2) is 4.52 Å². The van der Waals surface area contributed by atoms with Gasteiger partial charge in [0.15, 0.2) is 15.7 Å². The fourth-order valence-corrected chi connectivity index (χ4v) is 3.02. The molecule has 0 amide bonds. The minimum absolute atomic E-state index is 0.0862. The zero-order valence-corrected chi connectivity index (χ0v) is 13.3. The predicted octanol–water partition coefficient (Wildman–Crippen LogP) is 1.55. The van der Waals surface area contributed by atoms with Crippen LogP contribution >= 0.6 is 0 Å². The first-order chi connectivity index (χ1) is 9.81. The van der Waals surface area contributed by atoms with E-state index >= 15 is 0 Å². The number of ether oxygens (including phenoxy) is 1. The van der Waals surface area contributed by atoms with Crippen LogP contribution in [0.2, 0.25) is 0 Å². The van der Waals surface area contributed by atoms with Crippen molar-refractivity contribution in [1.29, 1.82) is 0 Å². The zero-order valence-electron chi connectivity index (χ0n) is 12.5. The van der Waals surface area contributed by atoms with Gasteiger partial charge in [-0.2, -0.15) is 4.98 Å². The Bertz CT molecular complexity index is 616. The van der Waals surface area contributed by atoms with E-state index in [9.17, 15) is 13.2 Å². The maximum absolute atomic E-state index is 12.3. The zero-order chi connectivity index (χ0) is 15.7. The molecule has 1 saturated carbocycles. The van der Waals surface area contributed by atoms with Crippen molar-refractivity contribution in [1.82, 2.24) is 10.1 Å². The molecule has 1 aromatic heterocycles. The largest absolute Gasteiger partial charge is 0.465 e. The molecule has 118 valence electrons. The van der Waals surface area contributed by atoms with Crippen LogP contribution in [0.1, 0.15) is 56.5 Å². The Hall–Kier alpha value is -1.44. The Morgan fingerprint density at radius 3 is 2.57 bits per heavy atom. The minimum atomic E-state index is -3.32. The number of esters is 1. The lowest BCUT2D eigenvalue weighted by atomic mass is 9.86. The summed E-state index contributed by atoms with van der Waals surface area (Å²) in [6.07, 6.45) is 4.03. The summed E-state index contributed by atoms with van der Waals surface area (Å²) in [6, 6.07) is 0. The molecule has 0 spiro atoms. The highest BCUT2D eigenvalue weighted by atomic mass is 32.2. The lowest BCUT2D eigenvalue weighted by Gasteiger charge is -2.21. The SMILES string of the molecule is CCOC(=O)C1(c2nc(C(C)S(C)(=O)=O)no2)CCCC1. The Kier molecular flexibility index (Phi) is 4.36. The van der Waals surface area contributed by atoms with Gasteiger partial charge in [-0.25, -0.2) is 8.42 Å². The molecule has 8 heteroatoms. The number of carbonyl (C=O) groups excluding carboxylic acids is 1. The number of aromatic nitrogens is 2. The van der Waals surface area contributed by atoms with Gasteiger partial charge in [0.25, 0.3) is 0 Å². The predicted molar refractivity (Wildman–Crippen MR) is 74.3 cm³/mol. The molecule has 1 fully saturated rings. The van der Waals surface area contributed by atoms with E-state index in [1.165, 1.54) is 6.92 Å². The molecule has 0 aromatic carbocycles. The van der Waals surface area contributed by atoms with E-state index in [1.807, 2.05) is 0 Å². The number of hydrogen-bond acceptors (Lipinski definition) is 7. The molecule has 1 aliphatic carbocycles. The summed E-state index contributed by atoms with van der Waals surface area (Å²) < 4.78 is 33.5. The third-order valence-electron chi connectivity index (χ3n) is 3.98. The normalized spacial score (nSPS) is 19.4. The summed E-state index contributed by atoms with van der Waals surface area (Å²) >= 11 is 0. The summed E-state index contributed by atoms with van der Waals surface area (Å²) in [5.41, 5.74) is -0.918. The molecule has 7 nitrogen and oxygen atoms in total. The monoisotopic (exact) mass is 316 g/mol. The molecule has 1 aliphatic rings. The number of carbonyl (C=O) groups is 1. The van der Waals surface area contributed by atoms with Gasteiger partial charge in [-0.3, -0.25) is 4.79 Å². The molecule has 21 heavy (non-hydrogen) atoms. The van der Waals surface area contributed by atoms with Gasteiger partial charge >= 0.3 is 5.97 Å². The van der Waals surface area contributed by atoms with Crippen LogP contribution in [0.25, 0.3) is 0 Å². The number of rotatable bonds is 5. The van der Waals surface area contributed by atoms with Crippen LogP contribution in [0.4, 0.5) is 0 Å². The summed E-state index contributed by atoms with van der Waals surface area (Å²) in [5.74, 6) is -0.114. The highest BCUT2D eigenvalue weighted by Crippen LogP contribution is 2.41. The van der Waals surface area contributed by atoms with Crippen molar-refractivity contribution < 1.29 is 22.5 Å². The molecule has 0 aliphatic heterocycles. The molecule has 1 heterocycles. The summed E-state index contributed by atoms with van der Waals surface area (Å²) in [4.78, 5) is 16.5. The van der Waals surface area contributed by atoms with E-state index in [2.05, 4.69) is 10.1 Å². The summed E-state index contributed by atoms with van der Waals surface area (Å²) in [7, 11) is -3.32.